The lowest BCUT2D eigenvalue weighted by atomic mass is 10.0. The Balaban J connectivity index is 1.63. The first-order chi connectivity index (χ1) is 15.1. The van der Waals surface area contributed by atoms with Crippen LogP contribution in [0, 0.1) is 0 Å². The summed E-state index contributed by atoms with van der Waals surface area (Å²) in [5.41, 5.74) is -0.249. The Morgan fingerprint density at radius 2 is 1.72 bits per heavy atom. The predicted octanol–water partition coefficient (Wildman–Crippen LogP) is 4.04. The van der Waals surface area contributed by atoms with E-state index in [-0.39, 0.29) is 17.2 Å². The topological polar surface area (TPSA) is 75.0 Å². The zero-order valence-electron chi connectivity index (χ0n) is 16.0. The molecule has 13 heteroatoms. The van der Waals surface area contributed by atoms with Crippen LogP contribution in [0.4, 0.5) is 32.3 Å². The van der Waals surface area contributed by atoms with Gasteiger partial charge >= 0.3 is 12.4 Å². The highest BCUT2D eigenvalue weighted by atomic mass is 19.4. The molecule has 166 valence electrons. The molecule has 1 aliphatic rings. The van der Waals surface area contributed by atoms with Gasteiger partial charge in [-0.1, -0.05) is 6.07 Å². The average molecular weight is 453 g/mol. The number of nitrogens with zero attached hydrogens (tertiary/aromatic N) is 6. The molecule has 0 amide bonds. The van der Waals surface area contributed by atoms with Gasteiger partial charge in [-0.15, -0.1) is 0 Å². The van der Waals surface area contributed by atoms with Crippen molar-refractivity contribution in [3.8, 4) is 0 Å². The number of halogens is 6. The Hall–Kier alpha value is -3.64. The lowest BCUT2D eigenvalue weighted by Crippen LogP contribution is -2.37. The minimum atomic E-state index is -4.62. The third-order valence-electron chi connectivity index (χ3n) is 5.22. The third-order valence-corrected chi connectivity index (χ3v) is 5.22. The number of imidazole rings is 1. The molecule has 1 aliphatic heterocycles. The average Bonchev–Trinajstić information content (AvgIpc) is 3.38. The first kappa shape index (κ1) is 20.3. The van der Waals surface area contributed by atoms with E-state index < -0.39 is 29.7 Å². The van der Waals surface area contributed by atoms with Gasteiger partial charge < -0.3 is 9.88 Å². The van der Waals surface area contributed by atoms with E-state index in [4.69, 9.17) is 0 Å². The van der Waals surface area contributed by atoms with E-state index in [1.165, 1.54) is 24.5 Å². The van der Waals surface area contributed by atoms with Crippen molar-refractivity contribution in [1.29, 1.82) is 0 Å². The molecule has 4 aromatic rings. The summed E-state index contributed by atoms with van der Waals surface area (Å²) in [7, 11) is 0. The molecule has 7 nitrogen and oxygen atoms in total. The van der Waals surface area contributed by atoms with Crippen LogP contribution in [-0.2, 0) is 18.8 Å². The number of rotatable bonds is 2. The molecule has 0 radical (unpaired) electrons. The van der Waals surface area contributed by atoms with Crippen molar-refractivity contribution in [2.75, 3.05) is 11.4 Å². The SMILES string of the molecule is FC(F)(F)c1cnc(N2CCc3[nH]cnc3[C@@H]2c2cc3cccc(C(F)(F)F)n3n2)nc1. The Kier molecular flexibility index (Phi) is 4.39. The number of alkyl halides is 6. The summed E-state index contributed by atoms with van der Waals surface area (Å²) < 4.78 is 79.8. The van der Waals surface area contributed by atoms with Gasteiger partial charge in [0.1, 0.15) is 11.7 Å². The Bertz CT molecular complexity index is 1270. The quantitative estimate of drug-likeness (QED) is 0.464. The fraction of sp³-hybridized carbons (Fsp3) is 0.263. The first-order valence-electron chi connectivity index (χ1n) is 9.37. The van der Waals surface area contributed by atoms with Crippen LogP contribution in [0.3, 0.4) is 0 Å². The molecule has 5 rings (SSSR count). The van der Waals surface area contributed by atoms with Gasteiger partial charge in [0.2, 0.25) is 5.95 Å². The molecule has 0 saturated heterocycles. The highest BCUT2D eigenvalue weighted by Crippen LogP contribution is 2.37. The molecule has 0 bridgehead atoms. The fourth-order valence-corrected chi connectivity index (χ4v) is 3.79. The molecule has 32 heavy (non-hydrogen) atoms. The van der Waals surface area contributed by atoms with Crippen LogP contribution < -0.4 is 4.90 Å². The van der Waals surface area contributed by atoms with Crippen LogP contribution in [0.1, 0.15) is 34.4 Å². The van der Waals surface area contributed by atoms with Gasteiger partial charge in [0.05, 0.1) is 28.8 Å². The van der Waals surface area contributed by atoms with E-state index in [0.717, 1.165) is 16.3 Å². The third kappa shape index (κ3) is 3.33. The van der Waals surface area contributed by atoms with Crippen LogP contribution >= 0.6 is 0 Å². The second kappa shape index (κ2) is 6.93. The standard InChI is InChI=1S/C19H13F6N7/c20-18(21,22)10-7-26-17(27-8-10)31-5-4-12-15(29-9-28-12)16(31)13-6-11-2-1-3-14(19(23,24)25)32(11)30-13/h1-3,6-9,16H,4-5H2,(H,28,29)/t16-/m0/s1. The number of hydrogen-bond donors (Lipinski definition) is 1. The zero-order valence-corrected chi connectivity index (χ0v) is 16.0. The Labute approximate surface area is 175 Å². The van der Waals surface area contributed by atoms with Crippen molar-refractivity contribution in [3.05, 3.63) is 71.3 Å². The van der Waals surface area contributed by atoms with Gasteiger partial charge in [-0.2, -0.15) is 31.4 Å². The normalized spacial score (nSPS) is 17.1. The number of anilines is 1. The van der Waals surface area contributed by atoms with Gasteiger partial charge in [0, 0.05) is 31.1 Å². The van der Waals surface area contributed by atoms with E-state index in [2.05, 4.69) is 25.0 Å². The van der Waals surface area contributed by atoms with E-state index >= 15 is 0 Å². The largest absolute Gasteiger partial charge is 0.433 e. The number of hydrogen-bond acceptors (Lipinski definition) is 5. The van der Waals surface area contributed by atoms with Crippen molar-refractivity contribution in [1.82, 2.24) is 29.5 Å². The predicted molar refractivity (Wildman–Crippen MR) is 98.7 cm³/mol. The number of nitrogens with one attached hydrogen (secondary N) is 1. The van der Waals surface area contributed by atoms with Gasteiger partial charge in [0.25, 0.3) is 0 Å². The molecule has 0 spiro atoms. The van der Waals surface area contributed by atoms with Crippen molar-refractivity contribution in [3.63, 3.8) is 0 Å². The smallest absolute Gasteiger partial charge is 0.348 e. The molecule has 0 aliphatic carbocycles. The number of pyridine rings is 1. The molecule has 0 saturated carbocycles. The molecule has 1 N–H and O–H groups in total. The van der Waals surface area contributed by atoms with Crippen molar-refractivity contribution < 1.29 is 26.3 Å². The molecule has 1 atom stereocenters. The molecule has 0 unspecified atom stereocenters. The van der Waals surface area contributed by atoms with Gasteiger partial charge in [-0.25, -0.2) is 19.5 Å². The summed E-state index contributed by atoms with van der Waals surface area (Å²) in [5, 5.41) is 4.18. The van der Waals surface area contributed by atoms with Crippen LogP contribution in [0.2, 0.25) is 0 Å². The van der Waals surface area contributed by atoms with E-state index in [1.54, 1.807) is 4.90 Å². The summed E-state index contributed by atoms with van der Waals surface area (Å²) in [6, 6.07) is 4.38. The summed E-state index contributed by atoms with van der Waals surface area (Å²) in [6.45, 7) is 0.297. The van der Waals surface area contributed by atoms with Crippen LogP contribution in [0.5, 0.6) is 0 Å². The zero-order chi connectivity index (χ0) is 22.7. The summed E-state index contributed by atoms with van der Waals surface area (Å²) in [4.78, 5) is 16.6. The highest BCUT2D eigenvalue weighted by Gasteiger charge is 2.38. The number of aromatic nitrogens is 6. The molecule has 5 heterocycles. The monoisotopic (exact) mass is 453 g/mol. The van der Waals surface area contributed by atoms with Crippen LogP contribution in [0.15, 0.2) is 43.0 Å². The van der Waals surface area contributed by atoms with Crippen LogP contribution in [0.25, 0.3) is 5.52 Å². The maximum atomic E-state index is 13.4. The van der Waals surface area contributed by atoms with Crippen molar-refractivity contribution >= 4 is 11.5 Å². The molecular weight excluding hydrogens is 440 g/mol. The van der Waals surface area contributed by atoms with Crippen LogP contribution in [-0.4, -0.2) is 36.1 Å². The molecular formula is C19H13F6N7. The minimum Gasteiger partial charge on any atom is -0.348 e. The van der Waals surface area contributed by atoms with Gasteiger partial charge in [-0.3, -0.25) is 0 Å². The summed E-state index contributed by atoms with van der Waals surface area (Å²) in [6.07, 6.45) is -5.95. The minimum absolute atomic E-state index is 0.00949. The lowest BCUT2D eigenvalue weighted by molar-refractivity contribution is -0.142. The maximum absolute atomic E-state index is 13.4. The molecule has 0 aromatic carbocycles. The maximum Gasteiger partial charge on any atom is 0.433 e. The van der Waals surface area contributed by atoms with E-state index in [0.29, 0.717) is 31.1 Å². The summed E-state index contributed by atoms with van der Waals surface area (Å²) in [5.74, 6) is -0.00949. The van der Waals surface area contributed by atoms with E-state index in [1.807, 2.05) is 0 Å². The second-order valence-electron chi connectivity index (χ2n) is 7.20. The van der Waals surface area contributed by atoms with E-state index in [9.17, 15) is 26.3 Å². The fourth-order valence-electron chi connectivity index (χ4n) is 3.79. The summed E-state index contributed by atoms with van der Waals surface area (Å²) >= 11 is 0. The number of fused-ring (bicyclic) bond motifs is 2. The first-order valence-corrected chi connectivity index (χ1v) is 9.37. The van der Waals surface area contributed by atoms with Crippen molar-refractivity contribution in [2.24, 2.45) is 0 Å². The molecule has 0 fully saturated rings. The number of H-pyrrole nitrogens is 1. The van der Waals surface area contributed by atoms with Gasteiger partial charge in [0.15, 0.2) is 0 Å². The Morgan fingerprint density at radius 3 is 2.41 bits per heavy atom. The Morgan fingerprint density at radius 1 is 0.969 bits per heavy atom. The lowest BCUT2D eigenvalue weighted by Gasteiger charge is -2.33. The van der Waals surface area contributed by atoms with Crippen molar-refractivity contribution in [2.45, 2.75) is 24.8 Å². The number of aromatic amines is 1. The highest BCUT2D eigenvalue weighted by molar-refractivity contribution is 5.53. The van der Waals surface area contributed by atoms with Gasteiger partial charge in [-0.05, 0) is 18.2 Å². The molecule has 4 aromatic heterocycles. The second-order valence-corrected chi connectivity index (χ2v) is 7.20.